The van der Waals surface area contributed by atoms with Crippen molar-refractivity contribution in [2.75, 3.05) is 18.1 Å². The molecule has 3 rings (SSSR count). The molecule has 1 aliphatic heterocycles. The molecule has 1 aliphatic rings. The van der Waals surface area contributed by atoms with Gasteiger partial charge in [0.2, 0.25) is 11.7 Å². The minimum atomic E-state index is -0.678. The zero-order chi connectivity index (χ0) is 20.6. The van der Waals surface area contributed by atoms with Crippen molar-refractivity contribution in [3.63, 3.8) is 0 Å². The molecule has 1 atom stereocenters. The first kappa shape index (κ1) is 20.1. The maximum absolute atomic E-state index is 12.4. The molecule has 0 saturated heterocycles. The Kier molecular flexibility index (Phi) is 6.57. The Morgan fingerprint density at radius 1 is 1.00 bits per heavy atom. The van der Waals surface area contributed by atoms with Gasteiger partial charge in [-0.15, -0.1) is 0 Å². The Morgan fingerprint density at radius 2 is 1.62 bits per heavy atom. The summed E-state index contributed by atoms with van der Waals surface area (Å²) >= 11 is 0. The first-order valence-electron chi connectivity index (χ1n) is 9.37. The summed E-state index contributed by atoms with van der Waals surface area (Å²) in [4.78, 5) is 40.8. The highest BCUT2D eigenvalue weighted by Gasteiger charge is 2.30. The molecular weight excluding hydrogens is 370 g/mol. The topological polar surface area (TPSA) is 103 Å². The fraction of sp³-hybridized carbons (Fsp3) is 0.238. The number of benzene rings is 2. The molecule has 0 spiro atoms. The van der Waals surface area contributed by atoms with Crippen LogP contribution >= 0.6 is 0 Å². The number of amidine groups is 1. The molecule has 0 aliphatic carbocycles. The van der Waals surface area contributed by atoms with Crippen LogP contribution in [-0.2, 0) is 20.8 Å². The van der Waals surface area contributed by atoms with Crippen molar-refractivity contribution in [3.05, 3.63) is 66.2 Å². The molecular formula is C21H23N5O3. The number of anilines is 1. The van der Waals surface area contributed by atoms with E-state index in [4.69, 9.17) is 0 Å². The van der Waals surface area contributed by atoms with Crippen molar-refractivity contribution in [2.45, 2.75) is 19.4 Å². The molecule has 3 amide bonds. The summed E-state index contributed by atoms with van der Waals surface area (Å²) in [5, 5.41) is 6.77. The summed E-state index contributed by atoms with van der Waals surface area (Å²) in [6.07, 6.45) is 0.286. The number of hydrogen-bond acceptors (Lipinski definition) is 5. The molecule has 3 N–H and O–H groups in total. The van der Waals surface area contributed by atoms with E-state index in [1.807, 2.05) is 36.4 Å². The van der Waals surface area contributed by atoms with Crippen LogP contribution in [0.3, 0.4) is 0 Å². The predicted octanol–water partition coefficient (Wildman–Crippen LogP) is 0.800. The van der Waals surface area contributed by atoms with Gasteiger partial charge in [-0.25, -0.2) is 10.0 Å². The van der Waals surface area contributed by atoms with Gasteiger partial charge in [0.25, 0.3) is 11.8 Å². The summed E-state index contributed by atoms with van der Waals surface area (Å²) in [6, 6.07) is 17.7. The average molecular weight is 393 g/mol. The first-order valence-corrected chi connectivity index (χ1v) is 9.37. The maximum Gasteiger partial charge on any atom is 0.288 e. The Labute approximate surface area is 169 Å². The van der Waals surface area contributed by atoms with Gasteiger partial charge in [-0.1, -0.05) is 48.5 Å². The van der Waals surface area contributed by atoms with Crippen LogP contribution in [0.25, 0.3) is 0 Å². The van der Waals surface area contributed by atoms with Gasteiger partial charge in [0.1, 0.15) is 6.04 Å². The molecule has 8 heteroatoms. The molecule has 0 radical (unpaired) electrons. The van der Waals surface area contributed by atoms with Crippen LogP contribution in [-0.4, -0.2) is 42.7 Å². The summed E-state index contributed by atoms with van der Waals surface area (Å²) in [7, 11) is 0. The number of hydrogen-bond donors (Lipinski definition) is 3. The van der Waals surface area contributed by atoms with Gasteiger partial charge in [-0.3, -0.25) is 19.8 Å². The summed E-state index contributed by atoms with van der Waals surface area (Å²) < 4.78 is 0. The Hall–Kier alpha value is -3.68. The fourth-order valence-electron chi connectivity index (χ4n) is 2.81. The van der Waals surface area contributed by atoms with E-state index >= 15 is 0 Å². The molecule has 29 heavy (non-hydrogen) atoms. The third-order valence-corrected chi connectivity index (χ3v) is 4.29. The second kappa shape index (κ2) is 9.50. The molecule has 0 bridgehead atoms. The molecule has 0 saturated carbocycles. The van der Waals surface area contributed by atoms with Crippen molar-refractivity contribution in [1.82, 2.24) is 16.1 Å². The minimum Gasteiger partial charge on any atom is -0.354 e. The number of aliphatic imine (C=N–C) groups is 1. The van der Waals surface area contributed by atoms with E-state index in [-0.39, 0.29) is 30.6 Å². The highest BCUT2D eigenvalue weighted by atomic mass is 16.2. The normalized spacial score (nSPS) is 15.9. The van der Waals surface area contributed by atoms with Gasteiger partial charge >= 0.3 is 0 Å². The largest absolute Gasteiger partial charge is 0.354 e. The minimum absolute atomic E-state index is 0.0524. The van der Waals surface area contributed by atoms with Crippen LogP contribution in [0.4, 0.5) is 5.69 Å². The van der Waals surface area contributed by atoms with E-state index < -0.39 is 11.9 Å². The van der Waals surface area contributed by atoms with Crippen LogP contribution < -0.4 is 21.1 Å². The van der Waals surface area contributed by atoms with E-state index in [1.165, 1.54) is 5.01 Å². The Bertz CT molecular complexity index is 899. The molecule has 8 nitrogen and oxygen atoms in total. The van der Waals surface area contributed by atoms with Gasteiger partial charge in [0, 0.05) is 13.1 Å². The quantitative estimate of drug-likeness (QED) is 0.606. The van der Waals surface area contributed by atoms with Crippen molar-refractivity contribution >= 4 is 29.2 Å². The predicted molar refractivity (Wildman–Crippen MR) is 110 cm³/mol. The summed E-state index contributed by atoms with van der Waals surface area (Å²) in [6.45, 7) is 2.17. The van der Waals surface area contributed by atoms with Gasteiger partial charge in [0.05, 0.1) is 12.1 Å². The molecule has 1 unspecified atom stereocenters. The Balaban J connectivity index is 1.48. The second-order valence-corrected chi connectivity index (χ2v) is 6.54. The van der Waals surface area contributed by atoms with Crippen molar-refractivity contribution in [1.29, 1.82) is 0 Å². The van der Waals surface area contributed by atoms with Gasteiger partial charge in [-0.05, 0) is 24.6 Å². The second-order valence-electron chi connectivity index (χ2n) is 6.54. The number of amides is 3. The van der Waals surface area contributed by atoms with E-state index in [2.05, 4.69) is 21.1 Å². The molecule has 1 heterocycles. The standard InChI is InChI=1S/C21H23N5O3/c1-15-21(29)26(17-10-6-3-7-11-17)25-19(24-15)20(28)23-13-12-22-18(27)14-16-8-4-2-5-9-16/h2-11,15H,12-14H2,1H3,(H,22,27)(H,23,28)(H,24,25). The maximum atomic E-state index is 12.4. The van der Waals surface area contributed by atoms with E-state index in [0.29, 0.717) is 12.2 Å². The first-order chi connectivity index (χ1) is 14.0. The van der Waals surface area contributed by atoms with E-state index in [9.17, 15) is 14.4 Å². The molecule has 0 fully saturated rings. The number of carbonyl (C=O) groups is 3. The zero-order valence-corrected chi connectivity index (χ0v) is 16.1. The lowest BCUT2D eigenvalue weighted by atomic mass is 10.1. The number of hydrazine groups is 1. The lowest BCUT2D eigenvalue weighted by molar-refractivity contribution is -0.121. The van der Waals surface area contributed by atoms with Gasteiger partial charge < -0.3 is 10.6 Å². The lowest BCUT2D eigenvalue weighted by Gasteiger charge is -2.30. The van der Waals surface area contributed by atoms with Crippen molar-refractivity contribution in [2.24, 2.45) is 4.99 Å². The number of carbonyl (C=O) groups excluding carboxylic acids is 3. The monoisotopic (exact) mass is 393 g/mol. The lowest BCUT2D eigenvalue weighted by Crippen LogP contribution is -2.58. The van der Waals surface area contributed by atoms with Crippen LogP contribution in [0.15, 0.2) is 65.7 Å². The highest BCUT2D eigenvalue weighted by molar-refractivity contribution is 6.39. The van der Waals surface area contributed by atoms with Crippen molar-refractivity contribution < 1.29 is 14.4 Å². The van der Waals surface area contributed by atoms with Crippen LogP contribution in [0.5, 0.6) is 0 Å². The number of rotatable bonds is 7. The number of nitrogens with one attached hydrogen (secondary N) is 3. The molecule has 0 aromatic heterocycles. The number of para-hydroxylation sites is 1. The van der Waals surface area contributed by atoms with E-state index in [0.717, 1.165) is 5.56 Å². The highest BCUT2D eigenvalue weighted by Crippen LogP contribution is 2.15. The Morgan fingerprint density at radius 3 is 2.31 bits per heavy atom. The van der Waals surface area contributed by atoms with Crippen molar-refractivity contribution in [3.8, 4) is 0 Å². The van der Waals surface area contributed by atoms with Gasteiger partial charge in [-0.2, -0.15) is 0 Å². The molecule has 2 aromatic carbocycles. The van der Waals surface area contributed by atoms with Crippen LogP contribution in [0.1, 0.15) is 12.5 Å². The SMILES string of the molecule is CC1N=C(C(=O)NCCNC(=O)Cc2ccccc2)NN(c2ccccc2)C1=O. The zero-order valence-electron chi connectivity index (χ0n) is 16.1. The van der Waals surface area contributed by atoms with Crippen LogP contribution in [0.2, 0.25) is 0 Å². The summed E-state index contributed by atoms with van der Waals surface area (Å²) in [5.41, 5.74) is 4.31. The number of nitrogens with zero attached hydrogens (tertiary/aromatic N) is 2. The third-order valence-electron chi connectivity index (χ3n) is 4.29. The third kappa shape index (κ3) is 5.41. The fourth-order valence-corrected chi connectivity index (χ4v) is 2.81. The molecule has 2 aromatic rings. The summed E-state index contributed by atoms with van der Waals surface area (Å²) in [5.74, 6) is -0.756. The van der Waals surface area contributed by atoms with Crippen LogP contribution in [0, 0.1) is 0 Å². The van der Waals surface area contributed by atoms with E-state index in [1.54, 1.807) is 31.2 Å². The smallest absolute Gasteiger partial charge is 0.288 e. The molecule has 150 valence electrons. The van der Waals surface area contributed by atoms with Gasteiger partial charge in [0.15, 0.2) is 0 Å². The average Bonchev–Trinajstić information content (AvgIpc) is 2.74.